The topological polar surface area (TPSA) is 38.3 Å². The van der Waals surface area contributed by atoms with Crippen LogP contribution < -0.4 is 5.32 Å². The van der Waals surface area contributed by atoms with Crippen LogP contribution in [0, 0.1) is 17.8 Å². The van der Waals surface area contributed by atoms with Gasteiger partial charge in [0, 0.05) is 13.0 Å². The van der Waals surface area contributed by atoms with Crippen LogP contribution >= 0.6 is 0 Å². The standard InChI is InChI=1S/C11H17NO2/c1-3-4-5-6-12-11(13)10-7-9(2)14-8-10/h9-10H,5-8H2,1-2H3,(H,12,13). The molecule has 0 aromatic rings. The average Bonchev–Trinajstić information content (AvgIpc) is 2.59. The number of ether oxygens (including phenoxy) is 1. The number of nitrogens with one attached hydrogen (secondary N) is 1. The Hall–Kier alpha value is -1.01. The maximum absolute atomic E-state index is 11.5. The van der Waals surface area contributed by atoms with E-state index in [-0.39, 0.29) is 17.9 Å². The number of rotatable bonds is 3. The molecule has 1 heterocycles. The smallest absolute Gasteiger partial charge is 0.225 e. The Morgan fingerprint density at radius 2 is 2.43 bits per heavy atom. The van der Waals surface area contributed by atoms with Gasteiger partial charge in [0.05, 0.1) is 18.6 Å². The van der Waals surface area contributed by atoms with Crippen LogP contribution in [0.2, 0.25) is 0 Å². The summed E-state index contributed by atoms with van der Waals surface area (Å²) in [6.45, 7) is 5.00. The Labute approximate surface area is 85.2 Å². The quantitative estimate of drug-likeness (QED) is 0.537. The van der Waals surface area contributed by atoms with Crippen molar-refractivity contribution in [3.05, 3.63) is 0 Å². The van der Waals surface area contributed by atoms with E-state index in [0.29, 0.717) is 13.2 Å². The van der Waals surface area contributed by atoms with Gasteiger partial charge < -0.3 is 10.1 Å². The van der Waals surface area contributed by atoms with Gasteiger partial charge in [0.2, 0.25) is 5.91 Å². The second kappa shape index (κ2) is 5.66. The predicted molar refractivity (Wildman–Crippen MR) is 54.6 cm³/mol. The summed E-state index contributed by atoms with van der Waals surface area (Å²) in [4.78, 5) is 11.5. The molecule has 1 amide bonds. The highest BCUT2D eigenvalue weighted by molar-refractivity contribution is 5.79. The molecule has 2 atom stereocenters. The summed E-state index contributed by atoms with van der Waals surface area (Å²) in [5.74, 6) is 5.84. The summed E-state index contributed by atoms with van der Waals surface area (Å²) in [6, 6.07) is 0. The molecule has 1 N–H and O–H groups in total. The minimum absolute atomic E-state index is 0.0413. The van der Waals surface area contributed by atoms with E-state index in [2.05, 4.69) is 17.2 Å². The zero-order chi connectivity index (χ0) is 10.4. The molecule has 3 nitrogen and oxygen atoms in total. The molecule has 14 heavy (non-hydrogen) atoms. The Balaban J connectivity index is 2.17. The van der Waals surface area contributed by atoms with E-state index in [1.165, 1.54) is 0 Å². The number of carbonyl (C=O) groups is 1. The third-order valence-corrected chi connectivity index (χ3v) is 2.30. The van der Waals surface area contributed by atoms with Crippen LogP contribution in [0.25, 0.3) is 0 Å². The highest BCUT2D eigenvalue weighted by Crippen LogP contribution is 2.18. The fourth-order valence-electron chi connectivity index (χ4n) is 1.52. The van der Waals surface area contributed by atoms with Crippen molar-refractivity contribution in [2.75, 3.05) is 13.2 Å². The Morgan fingerprint density at radius 3 is 3.00 bits per heavy atom. The van der Waals surface area contributed by atoms with Crippen molar-refractivity contribution < 1.29 is 9.53 Å². The summed E-state index contributed by atoms with van der Waals surface area (Å²) >= 11 is 0. The average molecular weight is 195 g/mol. The maximum Gasteiger partial charge on any atom is 0.225 e. The lowest BCUT2D eigenvalue weighted by Crippen LogP contribution is -2.31. The third kappa shape index (κ3) is 3.39. The zero-order valence-corrected chi connectivity index (χ0v) is 8.80. The fraction of sp³-hybridized carbons (Fsp3) is 0.727. The van der Waals surface area contributed by atoms with Crippen LogP contribution in [0.4, 0.5) is 0 Å². The molecule has 0 bridgehead atoms. The number of carbonyl (C=O) groups excluding carboxylic acids is 1. The molecule has 2 unspecified atom stereocenters. The molecule has 1 saturated heterocycles. The molecule has 78 valence electrons. The molecule has 1 aliphatic heterocycles. The first-order chi connectivity index (χ1) is 6.74. The SMILES string of the molecule is CC#CCCNC(=O)C1COC(C)C1. The molecule has 1 fully saturated rings. The van der Waals surface area contributed by atoms with E-state index < -0.39 is 0 Å². The predicted octanol–water partition coefficient (Wildman–Crippen LogP) is 0.941. The molecule has 1 rings (SSSR count). The van der Waals surface area contributed by atoms with Crippen molar-refractivity contribution in [3.63, 3.8) is 0 Å². The van der Waals surface area contributed by atoms with Gasteiger partial charge >= 0.3 is 0 Å². The van der Waals surface area contributed by atoms with Crippen LogP contribution in [-0.2, 0) is 9.53 Å². The Kier molecular flexibility index (Phi) is 4.48. The van der Waals surface area contributed by atoms with Crippen LogP contribution in [0.5, 0.6) is 0 Å². The highest BCUT2D eigenvalue weighted by atomic mass is 16.5. The van der Waals surface area contributed by atoms with Crippen molar-refractivity contribution in [1.29, 1.82) is 0 Å². The van der Waals surface area contributed by atoms with Gasteiger partial charge in [0.15, 0.2) is 0 Å². The molecule has 3 heteroatoms. The monoisotopic (exact) mass is 195 g/mol. The molecular weight excluding hydrogens is 178 g/mol. The van der Waals surface area contributed by atoms with Gasteiger partial charge in [-0.1, -0.05) is 0 Å². The Morgan fingerprint density at radius 1 is 1.64 bits per heavy atom. The van der Waals surface area contributed by atoms with E-state index in [4.69, 9.17) is 4.74 Å². The first-order valence-corrected chi connectivity index (χ1v) is 5.03. The lowest BCUT2D eigenvalue weighted by atomic mass is 10.1. The fourth-order valence-corrected chi connectivity index (χ4v) is 1.52. The van der Waals surface area contributed by atoms with Gasteiger partial charge in [-0.25, -0.2) is 0 Å². The minimum Gasteiger partial charge on any atom is -0.378 e. The largest absolute Gasteiger partial charge is 0.378 e. The van der Waals surface area contributed by atoms with E-state index in [0.717, 1.165) is 12.8 Å². The van der Waals surface area contributed by atoms with E-state index in [9.17, 15) is 4.79 Å². The summed E-state index contributed by atoms with van der Waals surface area (Å²) in [5.41, 5.74) is 0. The lowest BCUT2D eigenvalue weighted by Gasteiger charge is -2.07. The van der Waals surface area contributed by atoms with Crippen molar-refractivity contribution in [2.24, 2.45) is 5.92 Å². The van der Waals surface area contributed by atoms with Crippen LogP contribution in [-0.4, -0.2) is 25.2 Å². The van der Waals surface area contributed by atoms with E-state index >= 15 is 0 Å². The molecule has 0 aliphatic carbocycles. The molecule has 0 aromatic carbocycles. The second-order valence-electron chi connectivity index (χ2n) is 3.54. The van der Waals surface area contributed by atoms with Gasteiger partial charge in [0.1, 0.15) is 0 Å². The maximum atomic E-state index is 11.5. The summed E-state index contributed by atoms with van der Waals surface area (Å²) in [7, 11) is 0. The third-order valence-electron chi connectivity index (χ3n) is 2.30. The molecule has 0 spiro atoms. The van der Waals surface area contributed by atoms with Gasteiger partial charge in [-0.2, -0.15) is 0 Å². The minimum atomic E-state index is 0.0413. The Bertz CT molecular complexity index is 252. The normalized spacial score (nSPS) is 25.3. The number of hydrogen-bond donors (Lipinski definition) is 1. The zero-order valence-electron chi connectivity index (χ0n) is 8.80. The van der Waals surface area contributed by atoms with Crippen molar-refractivity contribution >= 4 is 5.91 Å². The number of hydrogen-bond acceptors (Lipinski definition) is 2. The molecule has 0 radical (unpaired) electrons. The molecule has 0 saturated carbocycles. The highest BCUT2D eigenvalue weighted by Gasteiger charge is 2.27. The summed E-state index contributed by atoms with van der Waals surface area (Å²) in [6.07, 6.45) is 1.79. The second-order valence-corrected chi connectivity index (χ2v) is 3.54. The first-order valence-electron chi connectivity index (χ1n) is 5.03. The van der Waals surface area contributed by atoms with Gasteiger partial charge in [-0.3, -0.25) is 4.79 Å². The summed E-state index contributed by atoms with van der Waals surface area (Å²) < 4.78 is 5.33. The van der Waals surface area contributed by atoms with Crippen LogP contribution in [0.3, 0.4) is 0 Å². The van der Waals surface area contributed by atoms with Gasteiger partial charge in [-0.05, 0) is 20.3 Å². The van der Waals surface area contributed by atoms with Crippen LogP contribution in [0.15, 0.2) is 0 Å². The van der Waals surface area contributed by atoms with Crippen molar-refractivity contribution in [3.8, 4) is 11.8 Å². The lowest BCUT2D eigenvalue weighted by molar-refractivity contribution is -0.124. The van der Waals surface area contributed by atoms with Crippen LogP contribution in [0.1, 0.15) is 26.7 Å². The van der Waals surface area contributed by atoms with E-state index in [1.807, 2.05) is 6.92 Å². The number of amides is 1. The molecule has 1 aliphatic rings. The van der Waals surface area contributed by atoms with E-state index in [1.54, 1.807) is 6.92 Å². The molecular formula is C11H17NO2. The first kappa shape index (κ1) is 11.1. The summed E-state index contributed by atoms with van der Waals surface area (Å²) in [5, 5.41) is 2.86. The van der Waals surface area contributed by atoms with Crippen molar-refractivity contribution in [2.45, 2.75) is 32.8 Å². The van der Waals surface area contributed by atoms with Gasteiger partial charge in [0.25, 0.3) is 0 Å². The van der Waals surface area contributed by atoms with Gasteiger partial charge in [-0.15, -0.1) is 11.8 Å². The van der Waals surface area contributed by atoms with Crippen molar-refractivity contribution in [1.82, 2.24) is 5.32 Å². The molecule has 0 aromatic heterocycles.